The Balaban J connectivity index is 3.31. The minimum absolute atomic E-state index is 0.343. The molecule has 0 aliphatic rings. The Hall–Kier alpha value is -0.730. The molecule has 0 saturated heterocycles. The first kappa shape index (κ1) is 13.3. The zero-order valence-electron chi connectivity index (χ0n) is 10.6. The van der Waals surface area contributed by atoms with Gasteiger partial charge in [0.2, 0.25) is 0 Å². The van der Waals surface area contributed by atoms with Crippen molar-refractivity contribution in [1.29, 1.82) is 0 Å². The summed E-state index contributed by atoms with van der Waals surface area (Å²) in [6.07, 6.45) is 0. The van der Waals surface area contributed by atoms with E-state index in [0.29, 0.717) is 16.7 Å². The van der Waals surface area contributed by atoms with E-state index in [4.69, 9.17) is 22.1 Å². The van der Waals surface area contributed by atoms with Gasteiger partial charge in [0.05, 0.1) is 12.1 Å². The Morgan fingerprint density at radius 1 is 1.38 bits per heavy atom. The highest BCUT2D eigenvalue weighted by Crippen LogP contribution is 2.35. The molecule has 1 rings (SSSR count). The SMILES string of the molecule is COc1cc(C)c(C(C)(N)C(C)C)cc1Cl. The lowest BCUT2D eigenvalue weighted by Gasteiger charge is -2.31. The minimum Gasteiger partial charge on any atom is -0.495 e. The third-order valence-electron chi connectivity index (χ3n) is 3.28. The molecule has 0 radical (unpaired) electrons. The lowest BCUT2D eigenvalue weighted by atomic mass is 9.80. The van der Waals surface area contributed by atoms with Gasteiger partial charge in [-0.1, -0.05) is 25.4 Å². The van der Waals surface area contributed by atoms with Gasteiger partial charge in [0.15, 0.2) is 0 Å². The molecule has 90 valence electrons. The van der Waals surface area contributed by atoms with Crippen molar-refractivity contribution in [2.45, 2.75) is 33.2 Å². The zero-order valence-corrected chi connectivity index (χ0v) is 11.4. The predicted molar refractivity (Wildman–Crippen MR) is 69.1 cm³/mol. The molecule has 2 N–H and O–H groups in total. The molecule has 0 heterocycles. The summed E-state index contributed by atoms with van der Waals surface area (Å²) in [6, 6.07) is 3.85. The number of methoxy groups -OCH3 is 1. The fraction of sp³-hybridized carbons (Fsp3) is 0.538. The molecule has 2 nitrogen and oxygen atoms in total. The molecule has 1 aromatic rings. The monoisotopic (exact) mass is 241 g/mol. The molecular weight excluding hydrogens is 222 g/mol. The lowest BCUT2D eigenvalue weighted by Crippen LogP contribution is -2.39. The van der Waals surface area contributed by atoms with E-state index in [-0.39, 0.29) is 5.54 Å². The third kappa shape index (κ3) is 2.33. The molecule has 0 spiro atoms. The van der Waals surface area contributed by atoms with Crippen LogP contribution in [0, 0.1) is 12.8 Å². The average molecular weight is 242 g/mol. The highest BCUT2D eigenvalue weighted by atomic mass is 35.5. The van der Waals surface area contributed by atoms with E-state index in [1.807, 2.05) is 26.0 Å². The Bertz CT molecular complexity index is 386. The first-order chi connectivity index (χ1) is 7.30. The van der Waals surface area contributed by atoms with Crippen LogP contribution in [-0.2, 0) is 5.54 Å². The van der Waals surface area contributed by atoms with Crippen LogP contribution in [0.3, 0.4) is 0 Å². The molecule has 0 amide bonds. The second-order valence-electron chi connectivity index (χ2n) is 4.74. The molecule has 0 aliphatic carbocycles. The van der Waals surface area contributed by atoms with E-state index in [1.165, 1.54) is 0 Å². The van der Waals surface area contributed by atoms with Crippen LogP contribution in [0.25, 0.3) is 0 Å². The van der Waals surface area contributed by atoms with Gasteiger partial charge in [-0.25, -0.2) is 0 Å². The number of rotatable bonds is 3. The predicted octanol–water partition coefficient (Wildman–Crippen LogP) is 3.49. The normalized spacial score (nSPS) is 15.0. The maximum absolute atomic E-state index is 6.34. The molecule has 0 bridgehead atoms. The van der Waals surface area contributed by atoms with E-state index in [9.17, 15) is 0 Å². The number of halogens is 1. The van der Waals surface area contributed by atoms with Gasteiger partial charge in [-0.15, -0.1) is 0 Å². The maximum atomic E-state index is 6.34. The molecular formula is C13H20ClNO. The first-order valence-electron chi connectivity index (χ1n) is 5.44. The van der Waals surface area contributed by atoms with E-state index in [1.54, 1.807) is 7.11 Å². The molecule has 0 aliphatic heterocycles. The van der Waals surface area contributed by atoms with Gasteiger partial charge in [0.25, 0.3) is 0 Å². The first-order valence-corrected chi connectivity index (χ1v) is 5.82. The van der Waals surface area contributed by atoms with Gasteiger partial charge < -0.3 is 10.5 Å². The number of benzene rings is 1. The summed E-state index contributed by atoms with van der Waals surface area (Å²) in [4.78, 5) is 0. The molecule has 1 atom stereocenters. The number of aryl methyl sites for hydroxylation is 1. The topological polar surface area (TPSA) is 35.2 Å². The molecule has 0 aromatic heterocycles. The average Bonchev–Trinajstić information content (AvgIpc) is 2.20. The zero-order chi connectivity index (χ0) is 12.5. The van der Waals surface area contributed by atoms with Crippen molar-refractivity contribution in [1.82, 2.24) is 0 Å². The van der Waals surface area contributed by atoms with Gasteiger partial charge in [-0.3, -0.25) is 0 Å². The van der Waals surface area contributed by atoms with Crippen molar-refractivity contribution >= 4 is 11.6 Å². The Morgan fingerprint density at radius 2 is 1.94 bits per heavy atom. The summed E-state index contributed by atoms with van der Waals surface area (Å²) in [7, 11) is 1.62. The van der Waals surface area contributed by atoms with Crippen LogP contribution >= 0.6 is 11.6 Å². The standard InChI is InChI=1S/C13H20ClNO/c1-8(2)13(4,15)10-7-11(14)12(16-5)6-9(10)3/h6-8H,15H2,1-5H3. The van der Waals surface area contributed by atoms with Crippen molar-refractivity contribution in [3.8, 4) is 5.75 Å². The Morgan fingerprint density at radius 3 is 2.38 bits per heavy atom. The largest absolute Gasteiger partial charge is 0.495 e. The van der Waals surface area contributed by atoms with Crippen LogP contribution in [-0.4, -0.2) is 7.11 Å². The van der Waals surface area contributed by atoms with Crippen LogP contribution in [0.4, 0.5) is 0 Å². The summed E-state index contributed by atoms with van der Waals surface area (Å²) in [6.45, 7) is 8.28. The second kappa shape index (κ2) is 4.64. The summed E-state index contributed by atoms with van der Waals surface area (Å²) in [5.41, 5.74) is 8.16. The summed E-state index contributed by atoms with van der Waals surface area (Å²) >= 11 is 6.13. The van der Waals surface area contributed by atoms with Crippen molar-refractivity contribution in [2.75, 3.05) is 7.11 Å². The van der Waals surface area contributed by atoms with Gasteiger partial charge in [0.1, 0.15) is 5.75 Å². The highest BCUT2D eigenvalue weighted by Gasteiger charge is 2.27. The van der Waals surface area contributed by atoms with Crippen molar-refractivity contribution in [3.05, 3.63) is 28.3 Å². The summed E-state index contributed by atoms with van der Waals surface area (Å²) in [5.74, 6) is 1.04. The van der Waals surface area contributed by atoms with E-state index in [2.05, 4.69) is 13.8 Å². The molecule has 1 unspecified atom stereocenters. The Labute approximate surface area is 103 Å². The number of hydrogen-bond acceptors (Lipinski definition) is 2. The lowest BCUT2D eigenvalue weighted by molar-refractivity contribution is 0.348. The molecule has 0 saturated carbocycles. The summed E-state index contributed by atoms with van der Waals surface area (Å²) < 4.78 is 5.18. The van der Waals surface area contributed by atoms with Gasteiger partial charge in [-0.2, -0.15) is 0 Å². The van der Waals surface area contributed by atoms with Crippen molar-refractivity contribution in [3.63, 3.8) is 0 Å². The summed E-state index contributed by atoms with van der Waals surface area (Å²) in [5, 5.41) is 0.612. The number of ether oxygens (including phenoxy) is 1. The maximum Gasteiger partial charge on any atom is 0.137 e. The third-order valence-corrected chi connectivity index (χ3v) is 3.57. The molecule has 1 aromatic carbocycles. The second-order valence-corrected chi connectivity index (χ2v) is 5.15. The quantitative estimate of drug-likeness (QED) is 0.879. The number of nitrogens with two attached hydrogens (primary N) is 1. The molecule has 0 fully saturated rings. The van der Waals surface area contributed by atoms with Crippen molar-refractivity contribution < 1.29 is 4.74 Å². The van der Waals surface area contributed by atoms with Crippen LogP contribution in [0.5, 0.6) is 5.75 Å². The molecule has 16 heavy (non-hydrogen) atoms. The minimum atomic E-state index is -0.375. The molecule has 3 heteroatoms. The van der Waals surface area contributed by atoms with E-state index >= 15 is 0 Å². The fourth-order valence-electron chi connectivity index (χ4n) is 1.70. The van der Waals surface area contributed by atoms with E-state index < -0.39 is 0 Å². The van der Waals surface area contributed by atoms with Crippen LogP contribution in [0.15, 0.2) is 12.1 Å². The highest BCUT2D eigenvalue weighted by molar-refractivity contribution is 6.32. The fourth-order valence-corrected chi connectivity index (χ4v) is 1.94. The van der Waals surface area contributed by atoms with Crippen LogP contribution < -0.4 is 10.5 Å². The van der Waals surface area contributed by atoms with Gasteiger partial charge in [-0.05, 0) is 43.0 Å². The van der Waals surface area contributed by atoms with Crippen molar-refractivity contribution in [2.24, 2.45) is 11.7 Å². The smallest absolute Gasteiger partial charge is 0.137 e. The van der Waals surface area contributed by atoms with Crippen LogP contribution in [0.1, 0.15) is 31.9 Å². The Kier molecular flexibility index (Phi) is 3.87. The van der Waals surface area contributed by atoms with Crippen LogP contribution in [0.2, 0.25) is 5.02 Å². The number of hydrogen-bond donors (Lipinski definition) is 1. The van der Waals surface area contributed by atoms with E-state index in [0.717, 1.165) is 11.1 Å². The van der Waals surface area contributed by atoms with Gasteiger partial charge in [0, 0.05) is 5.54 Å². The van der Waals surface area contributed by atoms with Gasteiger partial charge >= 0.3 is 0 Å².